The van der Waals surface area contributed by atoms with Crippen molar-refractivity contribution in [1.82, 2.24) is 15.0 Å². The molecule has 1 aliphatic heterocycles. The first kappa shape index (κ1) is 30.5. The first-order chi connectivity index (χ1) is 26.7. The standard InChI is InChI=1S/C50H31N3O/c1-3-13-32(14-4-1)47-51-48(33-15-5-2-6-16-33)53-49(52-47)38-26-25-34-29-35(23-24-36(34)30-38)37-27-28-40-39-17-7-8-18-41(39)50(44(40)31-37)42-19-9-11-21-45(42)54-46-22-12-10-20-43(46)50/h1-31H. The van der Waals surface area contributed by atoms with Crippen molar-refractivity contribution < 1.29 is 4.74 Å². The molecule has 0 saturated carbocycles. The van der Waals surface area contributed by atoms with E-state index >= 15 is 0 Å². The Morgan fingerprint density at radius 1 is 0.315 bits per heavy atom. The topological polar surface area (TPSA) is 47.9 Å². The van der Waals surface area contributed by atoms with Crippen molar-refractivity contribution in [3.63, 3.8) is 0 Å². The summed E-state index contributed by atoms with van der Waals surface area (Å²) in [7, 11) is 0. The van der Waals surface area contributed by atoms with E-state index in [1.54, 1.807) is 0 Å². The van der Waals surface area contributed by atoms with Crippen LogP contribution >= 0.6 is 0 Å². The lowest BCUT2D eigenvalue weighted by Gasteiger charge is -2.39. The SMILES string of the molecule is c1ccc(-c2nc(-c3ccccc3)nc(-c3ccc4cc(-c5ccc6c(c5)C5(c7ccccc7Oc7ccccc75)c5ccccc5-6)ccc4c3)n2)cc1. The zero-order valence-corrected chi connectivity index (χ0v) is 29.1. The third kappa shape index (κ3) is 4.60. The van der Waals surface area contributed by atoms with Crippen LogP contribution in [-0.4, -0.2) is 15.0 Å². The molecule has 0 unspecified atom stereocenters. The van der Waals surface area contributed by atoms with Crippen LogP contribution < -0.4 is 4.74 Å². The van der Waals surface area contributed by atoms with Crippen LogP contribution in [-0.2, 0) is 5.41 Å². The van der Waals surface area contributed by atoms with Gasteiger partial charge in [-0.3, -0.25) is 0 Å². The fraction of sp³-hybridized carbons (Fsp3) is 0.0200. The molecule has 0 saturated heterocycles. The van der Waals surface area contributed by atoms with E-state index in [1.165, 1.54) is 38.9 Å². The van der Waals surface area contributed by atoms with Crippen molar-refractivity contribution in [3.05, 3.63) is 210 Å². The zero-order chi connectivity index (χ0) is 35.6. The molecule has 2 aliphatic rings. The fourth-order valence-electron chi connectivity index (χ4n) is 8.54. The van der Waals surface area contributed by atoms with E-state index in [-0.39, 0.29) is 0 Å². The largest absolute Gasteiger partial charge is 0.457 e. The van der Waals surface area contributed by atoms with E-state index < -0.39 is 5.41 Å². The van der Waals surface area contributed by atoms with E-state index in [0.717, 1.165) is 44.5 Å². The summed E-state index contributed by atoms with van der Waals surface area (Å²) >= 11 is 0. The summed E-state index contributed by atoms with van der Waals surface area (Å²) < 4.78 is 6.54. The van der Waals surface area contributed by atoms with Gasteiger partial charge in [0.2, 0.25) is 0 Å². The normalized spacial score (nSPS) is 13.1. The fourth-order valence-corrected chi connectivity index (χ4v) is 8.54. The smallest absolute Gasteiger partial charge is 0.164 e. The number of nitrogens with zero attached hydrogens (tertiary/aromatic N) is 3. The maximum Gasteiger partial charge on any atom is 0.164 e. The van der Waals surface area contributed by atoms with Crippen molar-refractivity contribution in [3.8, 4) is 67.9 Å². The second kappa shape index (κ2) is 11.9. The maximum absolute atomic E-state index is 6.54. The quantitative estimate of drug-likeness (QED) is 0.185. The molecule has 8 aromatic carbocycles. The molecule has 0 amide bonds. The lowest BCUT2D eigenvalue weighted by molar-refractivity contribution is 0.436. The Morgan fingerprint density at radius 2 is 0.759 bits per heavy atom. The third-order valence-electron chi connectivity index (χ3n) is 11.0. The Morgan fingerprint density at radius 3 is 1.39 bits per heavy atom. The van der Waals surface area contributed by atoms with Gasteiger partial charge in [0.1, 0.15) is 11.5 Å². The molecule has 0 N–H and O–H groups in total. The van der Waals surface area contributed by atoms with Crippen LogP contribution in [0.3, 0.4) is 0 Å². The maximum atomic E-state index is 6.54. The minimum Gasteiger partial charge on any atom is -0.457 e. The average Bonchev–Trinajstić information content (AvgIpc) is 3.53. The van der Waals surface area contributed by atoms with Crippen LogP contribution in [0.5, 0.6) is 11.5 Å². The van der Waals surface area contributed by atoms with Crippen molar-refractivity contribution in [2.75, 3.05) is 0 Å². The molecule has 2 heterocycles. The van der Waals surface area contributed by atoms with Gasteiger partial charge in [-0.25, -0.2) is 15.0 Å². The summed E-state index contributed by atoms with van der Waals surface area (Å²) in [5.41, 5.74) is 12.1. The molecule has 1 spiro atoms. The molecule has 0 radical (unpaired) electrons. The van der Waals surface area contributed by atoms with Gasteiger partial charge >= 0.3 is 0 Å². The van der Waals surface area contributed by atoms with E-state index in [4.69, 9.17) is 19.7 Å². The van der Waals surface area contributed by atoms with Crippen molar-refractivity contribution >= 4 is 10.8 Å². The predicted molar refractivity (Wildman–Crippen MR) is 216 cm³/mol. The molecule has 54 heavy (non-hydrogen) atoms. The first-order valence-electron chi connectivity index (χ1n) is 18.3. The second-order valence-corrected chi connectivity index (χ2v) is 14.0. The van der Waals surface area contributed by atoms with E-state index in [2.05, 4.69) is 127 Å². The highest BCUT2D eigenvalue weighted by Crippen LogP contribution is 2.62. The number of para-hydroxylation sites is 2. The summed E-state index contributed by atoms with van der Waals surface area (Å²) in [4.78, 5) is 14.8. The van der Waals surface area contributed by atoms with Crippen molar-refractivity contribution in [2.45, 2.75) is 5.41 Å². The Balaban J connectivity index is 1.04. The van der Waals surface area contributed by atoms with E-state index in [0.29, 0.717) is 17.5 Å². The molecule has 252 valence electrons. The molecule has 0 atom stereocenters. The van der Waals surface area contributed by atoms with Crippen LogP contribution in [0.15, 0.2) is 188 Å². The number of aromatic nitrogens is 3. The molecule has 9 aromatic rings. The summed E-state index contributed by atoms with van der Waals surface area (Å²) in [6.07, 6.45) is 0. The molecule has 1 aromatic heterocycles. The van der Waals surface area contributed by atoms with Crippen LogP contribution in [0, 0.1) is 0 Å². The van der Waals surface area contributed by atoms with Gasteiger partial charge in [-0.2, -0.15) is 0 Å². The minimum atomic E-state index is -0.499. The minimum absolute atomic E-state index is 0.499. The zero-order valence-electron chi connectivity index (χ0n) is 29.1. The number of ether oxygens (including phenoxy) is 1. The molecule has 4 heteroatoms. The second-order valence-electron chi connectivity index (χ2n) is 14.0. The van der Waals surface area contributed by atoms with Gasteiger partial charge < -0.3 is 4.74 Å². The van der Waals surface area contributed by atoms with Gasteiger partial charge in [0.05, 0.1) is 5.41 Å². The predicted octanol–water partition coefficient (Wildman–Crippen LogP) is 12.2. The van der Waals surface area contributed by atoms with Gasteiger partial charge in [0.15, 0.2) is 17.5 Å². The van der Waals surface area contributed by atoms with Gasteiger partial charge in [-0.1, -0.05) is 158 Å². The molecule has 4 nitrogen and oxygen atoms in total. The van der Waals surface area contributed by atoms with Gasteiger partial charge in [0, 0.05) is 27.8 Å². The van der Waals surface area contributed by atoms with Crippen molar-refractivity contribution in [1.29, 1.82) is 0 Å². The highest BCUT2D eigenvalue weighted by molar-refractivity contribution is 5.93. The van der Waals surface area contributed by atoms with Crippen molar-refractivity contribution in [2.24, 2.45) is 0 Å². The molecular formula is C50H31N3O. The van der Waals surface area contributed by atoms with Crippen LogP contribution in [0.4, 0.5) is 0 Å². The molecule has 11 rings (SSSR count). The van der Waals surface area contributed by atoms with Gasteiger partial charge in [0.25, 0.3) is 0 Å². The lowest BCUT2D eigenvalue weighted by atomic mass is 9.66. The molecule has 1 aliphatic carbocycles. The summed E-state index contributed by atoms with van der Waals surface area (Å²) in [6.45, 7) is 0. The molecule has 0 bridgehead atoms. The number of benzene rings is 8. The Labute approximate surface area is 313 Å². The van der Waals surface area contributed by atoms with E-state index in [1.807, 2.05) is 60.7 Å². The summed E-state index contributed by atoms with van der Waals surface area (Å²) in [6, 6.07) is 66.3. The lowest BCUT2D eigenvalue weighted by Crippen LogP contribution is -2.32. The molecule has 0 fully saturated rings. The Hall–Kier alpha value is -7.17. The average molecular weight is 690 g/mol. The third-order valence-corrected chi connectivity index (χ3v) is 11.0. The number of hydrogen-bond donors (Lipinski definition) is 0. The van der Waals surface area contributed by atoms with Crippen LogP contribution in [0.1, 0.15) is 22.3 Å². The Kier molecular flexibility index (Phi) is 6.73. The first-order valence-corrected chi connectivity index (χ1v) is 18.3. The number of fused-ring (bicyclic) bond motifs is 10. The molecular weight excluding hydrogens is 659 g/mol. The van der Waals surface area contributed by atoms with E-state index in [9.17, 15) is 0 Å². The van der Waals surface area contributed by atoms with Gasteiger partial charge in [-0.15, -0.1) is 0 Å². The van der Waals surface area contributed by atoms with Crippen LogP contribution in [0.25, 0.3) is 67.2 Å². The van der Waals surface area contributed by atoms with Gasteiger partial charge in [-0.05, 0) is 74.5 Å². The monoisotopic (exact) mass is 689 g/mol. The highest BCUT2D eigenvalue weighted by Gasteiger charge is 2.51. The summed E-state index contributed by atoms with van der Waals surface area (Å²) in [5.74, 6) is 3.75. The summed E-state index contributed by atoms with van der Waals surface area (Å²) in [5, 5.41) is 2.27. The number of rotatable bonds is 4. The van der Waals surface area contributed by atoms with Crippen LogP contribution in [0.2, 0.25) is 0 Å². The highest BCUT2D eigenvalue weighted by atomic mass is 16.5. The number of hydrogen-bond acceptors (Lipinski definition) is 4. The Bertz CT molecular complexity index is 2820.